The van der Waals surface area contributed by atoms with Crippen LogP contribution in [0.1, 0.15) is 35.3 Å². The summed E-state index contributed by atoms with van der Waals surface area (Å²) in [6.07, 6.45) is 3.43. The van der Waals surface area contributed by atoms with Crippen molar-refractivity contribution < 1.29 is 19.1 Å². The average Bonchev–Trinajstić information content (AvgIpc) is 3.06. The van der Waals surface area contributed by atoms with E-state index in [1.807, 2.05) is 18.2 Å². The van der Waals surface area contributed by atoms with E-state index in [2.05, 4.69) is 19.1 Å². The molecular weight excluding hydrogens is 356 g/mol. The number of aliphatic carboxylic acids is 1. The lowest BCUT2D eigenvalue weighted by atomic mass is 10.0. The number of allylic oxidation sites excluding steroid dienone is 1. The van der Waals surface area contributed by atoms with Gasteiger partial charge in [-0.05, 0) is 54.7 Å². The van der Waals surface area contributed by atoms with Gasteiger partial charge in [-0.1, -0.05) is 24.3 Å². The van der Waals surface area contributed by atoms with Gasteiger partial charge in [-0.15, -0.1) is 0 Å². The van der Waals surface area contributed by atoms with Crippen LogP contribution < -0.4 is 10.2 Å². The standard InChI is InChI=1S/C23H20O5/c1-14-4-2-3-5-15(14)12-16-6-8-19-22(26)18-9-7-17(27-11-10-21(24)25)13-20(18)28-23(16)19/h2-5,7,9,12-13H,6,8,10-11H2,1H3,(H,24,25). The van der Waals surface area contributed by atoms with Crippen molar-refractivity contribution in [2.75, 3.05) is 6.61 Å². The molecule has 1 N–H and O–H groups in total. The first-order valence-corrected chi connectivity index (χ1v) is 9.24. The molecule has 28 heavy (non-hydrogen) atoms. The number of carboxylic acid groups (broad SMARTS) is 1. The minimum atomic E-state index is -0.920. The Morgan fingerprint density at radius 2 is 2.04 bits per heavy atom. The van der Waals surface area contributed by atoms with Crippen molar-refractivity contribution in [2.24, 2.45) is 0 Å². The summed E-state index contributed by atoms with van der Waals surface area (Å²) in [6.45, 7) is 2.12. The van der Waals surface area contributed by atoms with Crippen molar-refractivity contribution in [1.82, 2.24) is 0 Å². The normalized spacial score (nSPS) is 14.4. The summed E-state index contributed by atoms with van der Waals surface area (Å²) >= 11 is 0. The highest BCUT2D eigenvalue weighted by Gasteiger charge is 2.24. The molecule has 0 unspecified atom stereocenters. The van der Waals surface area contributed by atoms with E-state index in [4.69, 9.17) is 14.3 Å². The predicted molar refractivity (Wildman–Crippen MR) is 108 cm³/mol. The fourth-order valence-electron chi connectivity index (χ4n) is 3.49. The summed E-state index contributed by atoms with van der Waals surface area (Å²) < 4.78 is 11.6. The number of benzene rings is 2. The summed E-state index contributed by atoms with van der Waals surface area (Å²) in [5.41, 5.74) is 4.45. The molecule has 142 valence electrons. The molecule has 0 atom stereocenters. The third-order valence-corrected chi connectivity index (χ3v) is 5.00. The molecule has 0 radical (unpaired) electrons. The highest BCUT2D eigenvalue weighted by Crippen LogP contribution is 2.35. The number of rotatable bonds is 5. The van der Waals surface area contributed by atoms with Crippen LogP contribution in [0, 0.1) is 6.92 Å². The number of carbonyl (C=O) groups is 1. The summed E-state index contributed by atoms with van der Waals surface area (Å²) in [4.78, 5) is 23.5. The van der Waals surface area contributed by atoms with Gasteiger partial charge in [-0.25, -0.2) is 0 Å². The Balaban J connectivity index is 1.74. The summed E-state index contributed by atoms with van der Waals surface area (Å²) in [5, 5.41) is 9.24. The lowest BCUT2D eigenvalue weighted by molar-refractivity contribution is -0.137. The topological polar surface area (TPSA) is 76.7 Å². The molecule has 2 aromatic carbocycles. The molecule has 0 saturated heterocycles. The van der Waals surface area contributed by atoms with Crippen molar-refractivity contribution >= 4 is 28.6 Å². The summed E-state index contributed by atoms with van der Waals surface area (Å²) in [7, 11) is 0. The molecule has 5 heteroatoms. The molecule has 1 aromatic heterocycles. The largest absolute Gasteiger partial charge is 0.493 e. The van der Waals surface area contributed by atoms with E-state index in [1.165, 1.54) is 5.56 Å². The van der Waals surface area contributed by atoms with Gasteiger partial charge in [0.1, 0.15) is 17.1 Å². The molecule has 0 bridgehead atoms. The van der Waals surface area contributed by atoms with Gasteiger partial charge < -0.3 is 14.3 Å². The minimum absolute atomic E-state index is 0.0125. The Morgan fingerprint density at radius 3 is 2.82 bits per heavy atom. The van der Waals surface area contributed by atoms with Crippen LogP contribution in [0.3, 0.4) is 0 Å². The van der Waals surface area contributed by atoms with Gasteiger partial charge in [-0.2, -0.15) is 0 Å². The number of carboxylic acids is 1. The summed E-state index contributed by atoms with van der Waals surface area (Å²) in [6, 6.07) is 13.1. The van der Waals surface area contributed by atoms with E-state index in [-0.39, 0.29) is 18.5 Å². The van der Waals surface area contributed by atoms with Crippen molar-refractivity contribution in [3.05, 3.63) is 75.1 Å². The second-order valence-electron chi connectivity index (χ2n) is 6.92. The maximum atomic E-state index is 12.9. The first kappa shape index (κ1) is 18.0. The fourth-order valence-corrected chi connectivity index (χ4v) is 3.49. The molecule has 5 nitrogen and oxygen atoms in total. The van der Waals surface area contributed by atoms with Gasteiger partial charge in [0, 0.05) is 11.6 Å². The number of hydrogen-bond acceptors (Lipinski definition) is 4. The first-order chi connectivity index (χ1) is 13.5. The first-order valence-electron chi connectivity index (χ1n) is 9.24. The molecule has 0 fully saturated rings. The number of ether oxygens (including phenoxy) is 1. The Hall–Kier alpha value is -3.34. The highest BCUT2D eigenvalue weighted by molar-refractivity contribution is 5.87. The van der Waals surface area contributed by atoms with Crippen molar-refractivity contribution in [1.29, 1.82) is 0 Å². The SMILES string of the molecule is Cc1ccccc1C=C1CCc2c1oc1cc(OCCC(=O)O)ccc1c2=O. The van der Waals surface area contributed by atoms with Crippen LogP contribution in [0.4, 0.5) is 0 Å². The van der Waals surface area contributed by atoms with E-state index in [0.717, 1.165) is 17.6 Å². The molecule has 1 aliphatic rings. The van der Waals surface area contributed by atoms with Crippen LogP contribution in [0.2, 0.25) is 0 Å². The molecule has 0 aliphatic heterocycles. The Morgan fingerprint density at radius 1 is 1.21 bits per heavy atom. The van der Waals surface area contributed by atoms with Crippen LogP contribution in [-0.4, -0.2) is 17.7 Å². The molecule has 1 heterocycles. The second-order valence-corrected chi connectivity index (χ2v) is 6.92. The van der Waals surface area contributed by atoms with Crippen LogP contribution >= 0.6 is 0 Å². The van der Waals surface area contributed by atoms with Gasteiger partial charge in [0.15, 0.2) is 5.43 Å². The van der Waals surface area contributed by atoms with E-state index in [1.54, 1.807) is 18.2 Å². The Kier molecular flexibility index (Phi) is 4.74. The van der Waals surface area contributed by atoms with Crippen LogP contribution in [0.5, 0.6) is 5.75 Å². The van der Waals surface area contributed by atoms with E-state index >= 15 is 0 Å². The molecule has 4 rings (SSSR count). The summed E-state index contributed by atoms with van der Waals surface area (Å²) in [5.74, 6) is 0.207. The zero-order valence-corrected chi connectivity index (χ0v) is 15.5. The molecule has 0 spiro atoms. The lowest BCUT2D eigenvalue weighted by Gasteiger charge is -2.08. The second kappa shape index (κ2) is 7.35. The van der Waals surface area contributed by atoms with Crippen LogP contribution in [-0.2, 0) is 11.2 Å². The smallest absolute Gasteiger partial charge is 0.306 e. The lowest BCUT2D eigenvalue weighted by Crippen LogP contribution is -2.09. The molecule has 1 aliphatic carbocycles. The van der Waals surface area contributed by atoms with Crippen LogP contribution in [0.25, 0.3) is 22.6 Å². The van der Waals surface area contributed by atoms with Gasteiger partial charge >= 0.3 is 5.97 Å². The van der Waals surface area contributed by atoms with E-state index in [9.17, 15) is 9.59 Å². The monoisotopic (exact) mass is 376 g/mol. The van der Waals surface area contributed by atoms with Crippen LogP contribution in [0.15, 0.2) is 51.7 Å². The van der Waals surface area contributed by atoms with Crippen molar-refractivity contribution in [3.8, 4) is 5.75 Å². The van der Waals surface area contributed by atoms with E-state index < -0.39 is 5.97 Å². The Bertz CT molecular complexity index is 1150. The number of hydrogen-bond donors (Lipinski definition) is 1. The zero-order chi connectivity index (χ0) is 19.7. The van der Waals surface area contributed by atoms with Gasteiger partial charge in [0.2, 0.25) is 0 Å². The average molecular weight is 376 g/mol. The highest BCUT2D eigenvalue weighted by atomic mass is 16.5. The third kappa shape index (κ3) is 3.43. The number of fused-ring (bicyclic) bond motifs is 2. The molecule has 0 amide bonds. The molecule has 0 saturated carbocycles. The van der Waals surface area contributed by atoms with E-state index in [0.29, 0.717) is 34.5 Å². The number of aryl methyl sites for hydroxylation is 1. The Labute approximate surface area is 161 Å². The zero-order valence-electron chi connectivity index (χ0n) is 15.5. The molecular formula is C23H20O5. The van der Waals surface area contributed by atoms with Crippen molar-refractivity contribution in [3.63, 3.8) is 0 Å². The molecule has 3 aromatic rings. The fraction of sp³-hybridized carbons (Fsp3) is 0.217. The van der Waals surface area contributed by atoms with Gasteiger partial charge in [-0.3, -0.25) is 9.59 Å². The predicted octanol–water partition coefficient (Wildman–Crippen LogP) is 4.44. The van der Waals surface area contributed by atoms with Crippen molar-refractivity contribution in [2.45, 2.75) is 26.2 Å². The van der Waals surface area contributed by atoms with Gasteiger partial charge in [0.25, 0.3) is 0 Å². The maximum absolute atomic E-state index is 12.9. The quantitative estimate of drug-likeness (QED) is 0.712. The maximum Gasteiger partial charge on any atom is 0.306 e. The minimum Gasteiger partial charge on any atom is -0.493 e. The third-order valence-electron chi connectivity index (χ3n) is 5.00. The van der Waals surface area contributed by atoms with Gasteiger partial charge in [0.05, 0.1) is 18.4 Å².